The van der Waals surface area contributed by atoms with E-state index in [2.05, 4.69) is 15.5 Å². The number of rotatable bonds is 5. The van der Waals surface area contributed by atoms with Gasteiger partial charge in [0, 0.05) is 39.5 Å². The molecule has 2 amide bonds. The van der Waals surface area contributed by atoms with Crippen LogP contribution in [0.4, 0.5) is 0 Å². The largest absolute Gasteiger partial charge is 0.497 e. The Hall–Kier alpha value is -2.97. The van der Waals surface area contributed by atoms with Crippen LogP contribution in [0, 0.1) is 6.92 Å². The molecule has 0 radical (unpaired) electrons. The lowest BCUT2D eigenvalue weighted by atomic mass is 10.0. The monoisotopic (exact) mass is 386 g/mol. The van der Waals surface area contributed by atoms with E-state index in [1.165, 1.54) is 0 Å². The molecule has 2 aromatic rings. The van der Waals surface area contributed by atoms with Crippen molar-refractivity contribution in [1.29, 1.82) is 0 Å². The molecule has 3 rings (SSSR count). The number of amides is 2. The molecule has 0 unspecified atom stereocenters. The number of methoxy groups -OCH3 is 1. The third-order valence-electron chi connectivity index (χ3n) is 5.05. The van der Waals surface area contributed by atoms with E-state index in [1.807, 2.05) is 29.2 Å². The maximum absolute atomic E-state index is 13.4. The summed E-state index contributed by atoms with van der Waals surface area (Å²) in [5.74, 6) is 1.33. The maximum atomic E-state index is 13.4. The van der Waals surface area contributed by atoms with Crippen molar-refractivity contribution in [3.8, 4) is 5.75 Å². The van der Waals surface area contributed by atoms with Crippen molar-refractivity contribution in [3.05, 3.63) is 35.7 Å². The number of benzene rings is 1. The second-order valence-electron chi connectivity index (χ2n) is 6.93. The summed E-state index contributed by atoms with van der Waals surface area (Å²) >= 11 is 0. The molecular formula is C19H26N6O3. The molecule has 0 aliphatic carbocycles. The zero-order valence-corrected chi connectivity index (χ0v) is 16.5. The average Bonchev–Trinajstić information content (AvgIpc) is 2.96. The number of tetrazole rings is 1. The lowest BCUT2D eigenvalue weighted by molar-refractivity contribution is -0.135. The van der Waals surface area contributed by atoms with Crippen LogP contribution in [-0.4, -0.2) is 75.1 Å². The van der Waals surface area contributed by atoms with Crippen molar-refractivity contribution in [2.45, 2.75) is 32.7 Å². The van der Waals surface area contributed by atoms with E-state index in [9.17, 15) is 9.59 Å². The van der Waals surface area contributed by atoms with Gasteiger partial charge in [0.25, 0.3) is 0 Å². The minimum atomic E-state index is -0.550. The lowest BCUT2D eigenvalue weighted by Crippen LogP contribution is -2.41. The van der Waals surface area contributed by atoms with Crippen LogP contribution in [0.5, 0.6) is 5.75 Å². The summed E-state index contributed by atoms with van der Waals surface area (Å²) in [4.78, 5) is 28.7. The zero-order chi connectivity index (χ0) is 20.1. The summed E-state index contributed by atoms with van der Waals surface area (Å²) in [6.07, 6.45) is 1.21. The molecule has 0 spiro atoms. The fourth-order valence-electron chi connectivity index (χ4n) is 3.49. The summed E-state index contributed by atoms with van der Waals surface area (Å²) in [6, 6.07) is 7.10. The second-order valence-corrected chi connectivity index (χ2v) is 6.93. The number of hydrogen-bond donors (Lipinski definition) is 0. The zero-order valence-electron chi connectivity index (χ0n) is 16.5. The summed E-state index contributed by atoms with van der Waals surface area (Å²) < 4.78 is 6.88. The summed E-state index contributed by atoms with van der Waals surface area (Å²) in [7, 11) is 1.62. The van der Waals surface area contributed by atoms with Gasteiger partial charge in [-0.3, -0.25) is 9.59 Å². The molecule has 1 aliphatic rings. The van der Waals surface area contributed by atoms with Crippen molar-refractivity contribution >= 4 is 11.8 Å². The van der Waals surface area contributed by atoms with E-state index < -0.39 is 6.04 Å². The molecule has 0 N–H and O–H groups in total. The smallest absolute Gasteiger partial charge is 0.247 e. The molecular weight excluding hydrogens is 360 g/mol. The summed E-state index contributed by atoms with van der Waals surface area (Å²) in [5.41, 5.74) is 0.966. The Morgan fingerprint density at radius 2 is 1.93 bits per heavy atom. The van der Waals surface area contributed by atoms with E-state index in [0.717, 1.165) is 17.7 Å². The van der Waals surface area contributed by atoms with Crippen LogP contribution in [0.3, 0.4) is 0 Å². The predicted octanol–water partition coefficient (Wildman–Crippen LogP) is 0.855. The second kappa shape index (κ2) is 8.81. The number of carbonyl (C=O) groups excluding carboxylic acids is 2. The highest BCUT2D eigenvalue weighted by Gasteiger charge is 2.30. The Labute approximate surface area is 164 Å². The summed E-state index contributed by atoms with van der Waals surface area (Å²) in [5, 5.41) is 11.7. The standard InChI is InChI=1S/C19H26N6O3/c1-14-20-21-22-25(14)18(13-16-6-4-7-17(12-16)28-3)19(27)24-9-5-8-23(10-11-24)15(2)26/h4,6-7,12,18H,5,8-11,13H2,1-3H3/t18-/m1/s1. The molecule has 9 heteroatoms. The Morgan fingerprint density at radius 3 is 2.61 bits per heavy atom. The number of aromatic nitrogens is 4. The molecule has 9 nitrogen and oxygen atoms in total. The topological polar surface area (TPSA) is 93.5 Å². The molecule has 28 heavy (non-hydrogen) atoms. The van der Waals surface area contributed by atoms with Gasteiger partial charge >= 0.3 is 0 Å². The molecule has 1 fully saturated rings. The Bertz CT molecular complexity index is 837. The SMILES string of the molecule is COc1cccc(C[C@H](C(=O)N2CCCN(C(C)=O)CC2)n2nnnc2C)c1. The van der Waals surface area contributed by atoms with Crippen LogP contribution >= 0.6 is 0 Å². The van der Waals surface area contributed by atoms with Gasteiger partial charge in [0.05, 0.1) is 7.11 Å². The third kappa shape index (κ3) is 4.47. The number of nitrogens with zero attached hydrogens (tertiary/aromatic N) is 6. The van der Waals surface area contributed by atoms with E-state index in [-0.39, 0.29) is 11.8 Å². The minimum Gasteiger partial charge on any atom is -0.497 e. The first-order valence-corrected chi connectivity index (χ1v) is 9.41. The maximum Gasteiger partial charge on any atom is 0.247 e. The van der Waals surface area contributed by atoms with Crippen molar-refractivity contribution in [2.24, 2.45) is 0 Å². The minimum absolute atomic E-state index is 0.0383. The fraction of sp³-hybridized carbons (Fsp3) is 0.526. The highest BCUT2D eigenvalue weighted by molar-refractivity contribution is 5.81. The van der Waals surface area contributed by atoms with E-state index in [1.54, 1.807) is 30.5 Å². The van der Waals surface area contributed by atoms with Gasteiger partial charge in [-0.05, 0) is 41.5 Å². The Kier molecular flexibility index (Phi) is 6.23. The van der Waals surface area contributed by atoms with Gasteiger partial charge in [-0.2, -0.15) is 0 Å². The van der Waals surface area contributed by atoms with Crippen molar-refractivity contribution in [1.82, 2.24) is 30.0 Å². The van der Waals surface area contributed by atoms with Gasteiger partial charge in [-0.15, -0.1) is 5.10 Å². The van der Waals surface area contributed by atoms with Crippen LogP contribution in [0.1, 0.15) is 30.8 Å². The molecule has 2 heterocycles. The quantitative estimate of drug-likeness (QED) is 0.756. The first kappa shape index (κ1) is 19.8. The number of ether oxygens (including phenoxy) is 1. The van der Waals surface area contributed by atoms with Gasteiger partial charge in [-0.1, -0.05) is 12.1 Å². The van der Waals surface area contributed by atoms with Gasteiger partial charge in [-0.25, -0.2) is 4.68 Å². The molecule has 1 aromatic heterocycles. The third-order valence-corrected chi connectivity index (χ3v) is 5.05. The number of hydrogen-bond acceptors (Lipinski definition) is 6. The molecule has 0 bridgehead atoms. The fourth-order valence-corrected chi connectivity index (χ4v) is 3.49. The number of aryl methyl sites for hydroxylation is 1. The predicted molar refractivity (Wildman–Crippen MR) is 102 cm³/mol. The average molecular weight is 386 g/mol. The van der Waals surface area contributed by atoms with Crippen molar-refractivity contribution in [3.63, 3.8) is 0 Å². The lowest BCUT2D eigenvalue weighted by Gasteiger charge is -2.26. The van der Waals surface area contributed by atoms with Crippen LogP contribution in [0.15, 0.2) is 24.3 Å². The molecule has 150 valence electrons. The van der Waals surface area contributed by atoms with Gasteiger partial charge in [0.2, 0.25) is 11.8 Å². The van der Waals surface area contributed by atoms with Crippen molar-refractivity contribution < 1.29 is 14.3 Å². The molecule has 1 saturated heterocycles. The van der Waals surface area contributed by atoms with E-state index in [0.29, 0.717) is 38.4 Å². The number of carbonyl (C=O) groups is 2. The van der Waals surface area contributed by atoms with Gasteiger partial charge in [0.15, 0.2) is 0 Å². The molecule has 1 aromatic carbocycles. The first-order valence-electron chi connectivity index (χ1n) is 9.41. The highest BCUT2D eigenvalue weighted by atomic mass is 16.5. The van der Waals surface area contributed by atoms with Gasteiger partial charge in [0.1, 0.15) is 17.6 Å². The van der Waals surface area contributed by atoms with Crippen LogP contribution in [0.2, 0.25) is 0 Å². The van der Waals surface area contributed by atoms with E-state index >= 15 is 0 Å². The van der Waals surface area contributed by atoms with Crippen molar-refractivity contribution in [2.75, 3.05) is 33.3 Å². The van der Waals surface area contributed by atoms with Crippen LogP contribution in [0.25, 0.3) is 0 Å². The Balaban J connectivity index is 1.83. The molecule has 1 atom stereocenters. The van der Waals surface area contributed by atoms with E-state index in [4.69, 9.17) is 4.74 Å². The molecule has 1 aliphatic heterocycles. The Morgan fingerprint density at radius 1 is 1.18 bits per heavy atom. The highest BCUT2D eigenvalue weighted by Crippen LogP contribution is 2.21. The van der Waals surface area contributed by atoms with Crippen LogP contribution in [-0.2, 0) is 16.0 Å². The normalized spacial score (nSPS) is 15.8. The summed E-state index contributed by atoms with van der Waals surface area (Å²) in [6.45, 7) is 5.68. The van der Waals surface area contributed by atoms with Crippen LogP contribution < -0.4 is 4.74 Å². The van der Waals surface area contributed by atoms with Gasteiger partial charge < -0.3 is 14.5 Å². The first-order chi connectivity index (χ1) is 13.5. The molecule has 0 saturated carbocycles.